The molecular formula is C10H22N2O. The quantitative estimate of drug-likeness (QED) is 0.679. The topological polar surface area (TPSA) is 24.5 Å². The minimum Gasteiger partial charge on any atom is -0.379 e. The van der Waals surface area contributed by atoms with Crippen molar-refractivity contribution in [1.82, 2.24) is 10.2 Å². The third kappa shape index (κ3) is 3.63. The molecular weight excluding hydrogens is 164 g/mol. The summed E-state index contributed by atoms with van der Waals surface area (Å²) >= 11 is 0. The third-order valence-electron chi connectivity index (χ3n) is 2.45. The first-order valence-corrected chi connectivity index (χ1v) is 5.20. The number of hydrogen-bond donors (Lipinski definition) is 1. The molecule has 2 atom stereocenters. The molecule has 0 aromatic rings. The first kappa shape index (κ1) is 11.0. The molecule has 1 N–H and O–H groups in total. The highest BCUT2D eigenvalue weighted by Gasteiger charge is 2.27. The summed E-state index contributed by atoms with van der Waals surface area (Å²) in [5.41, 5.74) is 0. The Bertz CT molecular complexity index is 139. The molecule has 2 unspecified atom stereocenters. The van der Waals surface area contributed by atoms with Crippen LogP contribution in [-0.2, 0) is 4.74 Å². The minimum absolute atomic E-state index is 0.572. The van der Waals surface area contributed by atoms with E-state index in [1.165, 1.54) is 6.42 Å². The smallest absolute Gasteiger partial charge is 0.0623 e. The molecule has 1 aliphatic heterocycles. The lowest BCUT2D eigenvalue weighted by atomic mass is 10.0. The van der Waals surface area contributed by atoms with Gasteiger partial charge in [0.05, 0.1) is 13.2 Å². The molecule has 13 heavy (non-hydrogen) atoms. The summed E-state index contributed by atoms with van der Waals surface area (Å²) in [4.78, 5) is 2.24. The number of ether oxygens (including phenoxy) is 1. The van der Waals surface area contributed by atoms with E-state index < -0.39 is 0 Å². The van der Waals surface area contributed by atoms with Crippen LogP contribution in [-0.4, -0.2) is 51.3 Å². The maximum atomic E-state index is 5.48. The molecule has 0 spiro atoms. The van der Waals surface area contributed by atoms with Gasteiger partial charge in [-0.05, 0) is 27.1 Å². The predicted molar refractivity (Wildman–Crippen MR) is 54.9 cm³/mol. The molecule has 0 saturated carbocycles. The maximum absolute atomic E-state index is 5.48. The van der Waals surface area contributed by atoms with E-state index in [1.54, 1.807) is 0 Å². The summed E-state index contributed by atoms with van der Waals surface area (Å²) < 4.78 is 5.48. The fourth-order valence-electron chi connectivity index (χ4n) is 1.80. The zero-order valence-corrected chi connectivity index (χ0v) is 9.05. The Morgan fingerprint density at radius 1 is 1.38 bits per heavy atom. The second-order valence-corrected chi connectivity index (χ2v) is 4.12. The van der Waals surface area contributed by atoms with Crippen molar-refractivity contribution in [2.24, 2.45) is 5.92 Å². The zero-order valence-electron chi connectivity index (χ0n) is 9.05. The predicted octanol–water partition coefficient (Wildman–Crippen LogP) is 0.563. The molecule has 78 valence electrons. The first-order valence-electron chi connectivity index (χ1n) is 5.20. The van der Waals surface area contributed by atoms with E-state index in [-0.39, 0.29) is 0 Å². The van der Waals surface area contributed by atoms with Crippen molar-refractivity contribution < 1.29 is 4.74 Å². The summed E-state index contributed by atoms with van der Waals surface area (Å²) in [6, 6.07) is 0.572. The van der Waals surface area contributed by atoms with Crippen LogP contribution >= 0.6 is 0 Å². The van der Waals surface area contributed by atoms with E-state index in [0.717, 1.165) is 26.3 Å². The lowest BCUT2D eigenvalue weighted by Crippen LogP contribution is -2.40. The van der Waals surface area contributed by atoms with Gasteiger partial charge in [0.25, 0.3) is 0 Å². The van der Waals surface area contributed by atoms with Crippen LogP contribution < -0.4 is 5.32 Å². The monoisotopic (exact) mass is 186 g/mol. The van der Waals surface area contributed by atoms with Crippen LogP contribution in [0, 0.1) is 5.92 Å². The molecule has 0 aliphatic carbocycles. The summed E-state index contributed by atoms with van der Waals surface area (Å²) in [7, 11) is 4.24. The highest BCUT2D eigenvalue weighted by Crippen LogP contribution is 2.14. The van der Waals surface area contributed by atoms with Gasteiger partial charge in [0, 0.05) is 18.5 Å². The standard InChI is InChI=1S/C10H22N2O/c1-4-5-11-10-8-13-7-9(10)6-12(2)3/h9-11H,4-8H2,1-3H3. The van der Waals surface area contributed by atoms with E-state index in [9.17, 15) is 0 Å². The summed E-state index contributed by atoms with van der Waals surface area (Å²) in [5, 5.41) is 3.54. The van der Waals surface area contributed by atoms with Gasteiger partial charge in [0.2, 0.25) is 0 Å². The lowest BCUT2D eigenvalue weighted by molar-refractivity contribution is 0.176. The molecule has 3 heteroatoms. The van der Waals surface area contributed by atoms with Gasteiger partial charge in [0.15, 0.2) is 0 Å². The summed E-state index contributed by atoms with van der Waals surface area (Å²) in [6.45, 7) is 6.24. The van der Waals surface area contributed by atoms with Crippen molar-refractivity contribution in [1.29, 1.82) is 0 Å². The molecule has 0 bridgehead atoms. The van der Waals surface area contributed by atoms with Gasteiger partial charge in [-0.2, -0.15) is 0 Å². The molecule has 0 radical (unpaired) electrons. The first-order chi connectivity index (χ1) is 6.24. The van der Waals surface area contributed by atoms with E-state index in [1.807, 2.05) is 0 Å². The van der Waals surface area contributed by atoms with Crippen LogP contribution in [0.5, 0.6) is 0 Å². The van der Waals surface area contributed by atoms with Gasteiger partial charge in [0.1, 0.15) is 0 Å². The summed E-state index contributed by atoms with van der Waals surface area (Å²) in [6.07, 6.45) is 1.20. The third-order valence-corrected chi connectivity index (χ3v) is 2.45. The average molecular weight is 186 g/mol. The van der Waals surface area contributed by atoms with Gasteiger partial charge in [-0.1, -0.05) is 6.92 Å². The molecule has 1 heterocycles. The van der Waals surface area contributed by atoms with Crippen molar-refractivity contribution in [3.63, 3.8) is 0 Å². The van der Waals surface area contributed by atoms with Crippen LogP contribution in [0.3, 0.4) is 0 Å². The largest absolute Gasteiger partial charge is 0.379 e. The fraction of sp³-hybridized carbons (Fsp3) is 1.00. The molecule has 1 saturated heterocycles. The highest BCUT2D eigenvalue weighted by atomic mass is 16.5. The van der Waals surface area contributed by atoms with Gasteiger partial charge in [-0.15, -0.1) is 0 Å². The second kappa shape index (κ2) is 5.58. The van der Waals surface area contributed by atoms with Crippen LogP contribution in [0.2, 0.25) is 0 Å². The lowest BCUT2D eigenvalue weighted by Gasteiger charge is -2.21. The number of nitrogens with zero attached hydrogens (tertiary/aromatic N) is 1. The van der Waals surface area contributed by atoms with Crippen molar-refractivity contribution in [2.45, 2.75) is 19.4 Å². The summed E-state index contributed by atoms with van der Waals surface area (Å²) in [5.74, 6) is 0.668. The Morgan fingerprint density at radius 3 is 2.77 bits per heavy atom. The molecule has 0 aromatic carbocycles. The van der Waals surface area contributed by atoms with E-state index in [0.29, 0.717) is 12.0 Å². The SMILES string of the molecule is CCCNC1COCC1CN(C)C. The molecule has 1 fully saturated rings. The number of hydrogen-bond acceptors (Lipinski definition) is 3. The highest BCUT2D eigenvalue weighted by molar-refractivity contribution is 4.82. The van der Waals surface area contributed by atoms with Crippen LogP contribution in [0.15, 0.2) is 0 Å². The molecule has 0 amide bonds. The minimum atomic E-state index is 0.572. The van der Waals surface area contributed by atoms with Crippen LogP contribution in [0.1, 0.15) is 13.3 Å². The number of nitrogens with one attached hydrogen (secondary N) is 1. The molecule has 3 nitrogen and oxygen atoms in total. The fourth-order valence-corrected chi connectivity index (χ4v) is 1.80. The van der Waals surface area contributed by atoms with Gasteiger partial charge < -0.3 is 15.0 Å². The Labute approximate surface area is 81.4 Å². The zero-order chi connectivity index (χ0) is 9.68. The molecule has 1 aliphatic rings. The van der Waals surface area contributed by atoms with E-state index in [4.69, 9.17) is 4.74 Å². The Hall–Kier alpha value is -0.120. The van der Waals surface area contributed by atoms with Crippen molar-refractivity contribution >= 4 is 0 Å². The van der Waals surface area contributed by atoms with Crippen LogP contribution in [0.4, 0.5) is 0 Å². The van der Waals surface area contributed by atoms with E-state index in [2.05, 4.69) is 31.2 Å². The second-order valence-electron chi connectivity index (χ2n) is 4.12. The molecule has 0 aromatic heterocycles. The van der Waals surface area contributed by atoms with Crippen molar-refractivity contribution in [3.05, 3.63) is 0 Å². The normalized spacial score (nSPS) is 28.6. The Balaban J connectivity index is 2.26. The van der Waals surface area contributed by atoms with Crippen molar-refractivity contribution in [2.75, 3.05) is 40.4 Å². The van der Waals surface area contributed by atoms with Gasteiger partial charge >= 0.3 is 0 Å². The number of rotatable bonds is 5. The maximum Gasteiger partial charge on any atom is 0.0623 e. The molecule has 1 rings (SSSR count). The van der Waals surface area contributed by atoms with Crippen molar-refractivity contribution in [3.8, 4) is 0 Å². The Kier molecular flexibility index (Phi) is 4.70. The Morgan fingerprint density at radius 2 is 2.15 bits per heavy atom. The van der Waals surface area contributed by atoms with Gasteiger partial charge in [-0.25, -0.2) is 0 Å². The average Bonchev–Trinajstić information content (AvgIpc) is 2.48. The van der Waals surface area contributed by atoms with Gasteiger partial charge in [-0.3, -0.25) is 0 Å². The van der Waals surface area contributed by atoms with E-state index >= 15 is 0 Å². The van der Waals surface area contributed by atoms with Crippen LogP contribution in [0.25, 0.3) is 0 Å².